The van der Waals surface area contributed by atoms with Gasteiger partial charge in [0, 0.05) is 49.8 Å². The van der Waals surface area contributed by atoms with Crippen molar-refractivity contribution < 1.29 is 4.42 Å². The molecule has 0 saturated carbocycles. The van der Waals surface area contributed by atoms with Crippen LogP contribution in [0.3, 0.4) is 0 Å². The average molecular weight is 513 g/mol. The molecule has 3 heterocycles. The summed E-state index contributed by atoms with van der Waals surface area (Å²) in [6.45, 7) is 2.15. The highest BCUT2D eigenvalue weighted by Crippen LogP contribution is 2.42. The summed E-state index contributed by atoms with van der Waals surface area (Å²) in [5.41, 5.74) is 10.2. The maximum Gasteiger partial charge on any atom is 0.137 e. The summed E-state index contributed by atoms with van der Waals surface area (Å²) in [7, 11) is 0. The quantitative estimate of drug-likeness (QED) is 0.226. The zero-order chi connectivity index (χ0) is 26.4. The molecule has 0 fully saturated rings. The van der Waals surface area contributed by atoms with Crippen molar-refractivity contribution in [2.45, 2.75) is 6.92 Å². The molecule has 3 aromatic heterocycles. The molecule has 9 rings (SSSR count). The fourth-order valence-electron chi connectivity index (χ4n) is 6.70. The minimum absolute atomic E-state index is 0.904. The third-order valence-corrected chi connectivity index (χ3v) is 8.35. The van der Waals surface area contributed by atoms with Gasteiger partial charge in [-0.2, -0.15) is 0 Å². The molecule has 0 spiro atoms. The molecule has 3 heteroatoms. The third-order valence-electron chi connectivity index (χ3n) is 8.35. The van der Waals surface area contributed by atoms with Crippen LogP contribution < -0.4 is 0 Å². The fourth-order valence-corrected chi connectivity index (χ4v) is 6.70. The van der Waals surface area contributed by atoms with E-state index in [0.29, 0.717) is 0 Å². The highest BCUT2D eigenvalue weighted by molar-refractivity contribution is 6.29. The van der Waals surface area contributed by atoms with Crippen LogP contribution in [0.4, 0.5) is 0 Å². The lowest BCUT2D eigenvalue weighted by atomic mass is 10.1. The molecule has 0 N–H and O–H groups in total. The second-order valence-electron chi connectivity index (χ2n) is 10.7. The Morgan fingerprint density at radius 3 is 1.68 bits per heavy atom. The van der Waals surface area contributed by atoms with Crippen molar-refractivity contribution in [3.05, 3.63) is 133 Å². The molecule has 9 aromatic rings. The lowest BCUT2D eigenvalue weighted by Gasteiger charge is -2.10. The van der Waals surface area contributed by atoms with Crippen LogP contribution in [0.2, 0.25) is 0 Å². The maximum absolute atomic E-state index is 6.29. The molecule has 6 aromatic carbocycles. The number of aryl methyl sites for hydroxylation is 1. The van der Waals surface area contributed by atoms with Gasteiger partial charge in [0.05, 0.1) is 22.1 Å². The largest absolute Gasteiger partial charge is 0.456 e. The van der Waals surface area contributed by atoms with Gasteiger partial charge in [-0.3, -0.25) is 0 Å². The van der Waals surface area contributed by atoms with E-state index in [1.165, 1.54) is 54.9 Å². The maximum atomic E-state index is 6.29. The summed E-state index contributed by atoms with van der Waals surface area (Å²) in [4.78, 5) is 0. The van der Waals surface area contributed by atoms with Crippen molar-refractivity contribution in [1.29, 1.82) is 0 Å². The summed E-state index contributed by atoms with van der Waals surface area (Å²) in [6.07, 6.45) is 0. The third kappa shape index (κ3) is 2.84. The second-order valence-corrected chi connectivity index (χ2v) is 10.7. The van der Waals surface area contributed by atoms with Crippen molar-refractivity contribution in [3.8, 4) is 11.4 Å². The lowest BCUT2D eigenvalue weighted by Crippen LogP contribution is -1.95. The molecule has 0 bridgehead atoms. The predicted molar refractivity (Wildman–Crippen MR) is 167 cm³/mol. The number of para-hydroxylation sites is 3. The lowest BCUT2D eigenvalue weighted by molar-refractivity contribution is 0.668. The van der Waals surface area contributed by atoms with Gasteiger partial charge in [-0.25, -0.2) is 0 Å². The monoisotopic (exact) mass is 512 g/mol. The Hall–Kier alpha value is -5.28. The van der Waals surface area contributed by atoms with E-state index < -0.39 is 0 Å². The number of benzene rings is 6. The Morgan fingerprint density at radius 2 is 1.00 bits per heavy atom. The molecule has 0 radical (unpaired) electrons. The first-order valence-corrected chi connectivity index (χ1v) is 13.7. The van der Waals surface area contributed by atoms with Gasteiger partial charge < -0.3 is 13.6 Å². The first kappa shape index (κ1) is 21.6. The van der Waals surface area contributed by atoms with Crippen LogP contribution in [-0.4, -0.2) is 9.13 Å². The van der Waals surface area contributed by atoms with Crippen molar-refractivity contribution >= 4 is 65.6 Å². The molecule has 0 unspecified atom stereocenters. The van der Waals surface area contributed by atoms with E-state index in [-0.39, 0.29) is 0 Å². The van der Waals surface area contributed by atoms with E-state index in [4.69, 9.17) is 4.42 Å². The molecule has 0 amide bonds. The van der Waals surface area contributed by atoms with Crippen molar-refractivity contribution in [3.63, 3.8) is 0 Å². The van der Waals surface area contributed by atoms with E-state index in [1.807, 2.05) is 12.1 Å². The molecule has 40 heavy (non-hydrogen) atoms. The second kappa shape index (κ2) is 7.87. The molecule has 0 saturated heterocycles. The molecule has 188 valence electrons. The number of aromatic nitrogens is 2. The smallest absolute Gasteiger partial charge is 0.137 e. The van der Waals surface area contributed by atoms with Crippen LogP contribution in [0.5, 0.6) is 0 Å². The van der Waals surface area contributed by atoms with E-state index in [1.54, 1.807) is 0 Å². The minimum Gasteiger partial charge on any atom is -0.456 e. The number of rotatable bonds is 2. The van der Waals surface area contributed by atoms with E-state index in [0.717, 1.165) is 27.6 Å². The Morgan fingerprint density at radius 1 is 0.425 bits per heavy atom. The van der Waals surface area contributed by atoms with E-state index in [2.05, 4.69) is 131 Å². The summed E-state index contributed by atoms with van der Waals surface area (Å²) < 4.78 is 11.1. The van der Waals surface area contributed by atoms with Gasteiger partial charge in [0.25, 0.3) is 0 Å². The molecule has 0 aliphatic heterocycles. The molecule has 0 atom stereocenters. The Labute approximate surface area is 230 Å². The SMILES string of the molecule is Cc1cccc(-n2c3ccccc3c3c4c5ccccc5n(-c5ccc6c(c5)oc5ccccc56)c4ccc32)c1. The normalized spacial score (nSPS) is 12.1. The zero-order valence-corrected chi connectivity index (χ0v) is 21.9. The predicted octanol–water partition coefficient (Wildman–Crippen LogP) is 10.1. The van der Waals surface area contributed by atoms with Crippen LogP contribution in [0.25, 0.3) is 76.9 Å². The molecule has 0 aliphatic rings. The zero-order valence-electron chi connectivity index (χ0n) is 21.9. The van der Waals surface area contributed by atoms with Crippen LogP contribution >= 0.6 is 0 Å². The molecule has 3 nitrogen and oxygen atoms in total. The Bertz CT molecular complexity index is 2450. The van der Waals surface area contributed by atoms with Crippen molar-refractivity contribution in [2.24, 2.45) is 0 Å². The van der Waals surface area contributed by atoms with Gasteiger partial charge in [0.15, 0.2) is 0 Å². The number of furan rings is 1. The van der Waals surface area contributed by atoms with E-state index in [9.17, 15) is 0 Å². The van der Waals surface area contributed by atoms with Gasteiger partial charge in [-0.05, 0) is 67.1 Å². The summed E-state index contributed by atoms with van der Waals surface area (Å²) in [5.74, 6) is 0. The fraction of sp³-hybridized carbons (Fsp3) is 0.0270. The summed E-state index contributed by atoms with van der Waals surface area (Å²) in [6, 6.07) is 45.7. The van der Waals surface area contributed by atoms with Crippen LogP contribution in [0.15, 0.2) is 132 Å². The molecule has 0 aliphatic carbocycles. The number of fused-ring (bicyclic) bond motifs is 10. The number of hydrogen-bond acceptors (Lipinski definition) is 1. The highest BCUT2D eigenvalue weighted by atomic mass is 16.3. The Balaban J connectivity index is 1.42. The van der Waals surface area contributed by atoms with Gasteiger partial charge in [-0.1, -0.05) is 66.7 Å². The van der Waals surface area contributed by atoms with E-state index >= 15 is 0 Å². The average Bonchev–Trinajstić information content (AvgIpc) is 3.64. The standard InChI is InChI=1S/C37H24N2O/c1-23-9-8-10-24(21-23)38-30-14-5-2-12-28(30)36-32(38)19-20-33-37(36)29-13-3-6-15-31(29)39(33)25-17-18-27-26-11-4-7-16-34(26)40-35(27)22-25/h2-22H,1H3. The Kier molecular flexibility index (Phi) is 4.26. The van der Waals surface area contributed by atoms with Crippen LogP contribution in [0.1, 0.15) is 5.56 Å². The van der Waals surface area contributed by atoms with Gasteiger partial charge >= 0.3 is 0 Å². The molecular weight excluding hydrogens is 488 g/mol. The van der Waals surface area contributed by atoms with Crippen molar-refractivity contribution in [1.82, 2.24) is 9.13 Å². The van der Waals surface area contributed by atoms with Crippen LogP contribution in [0, 0.1) is 6.92 Å². The van der Waals surface area contributed by atoms with Gasteiger partial charge in [0.2, 0.25) is 0 Å². The summed E-state index contributed by atoms with van der Waals surface area (Å²) >= 11 is 0. The summed E-state index contributed by atoms with van der Waals surface area (Å²) in [5, 5.41) is 7.37. The first-order valence-electron chi connectivity index (χ1n) is 13.7. The minimum atomic E-state index is 0.904. The number of hydrogen-bond donors (Lipinski definition) is 0. The molecular formula is C37H24N2O. The highest BCUT2D eigenvalue weighted by Gasteiger charge is 2.20. The van der Waals surface area contributed by atoms with Crippen molar-refractivity contribution in [2.75, 3.05) is 0 Å². The first-order chi connectivity index (χ1) is 19.8. The van der Waals surface area contributed by atoms with Gasteiger partial charge in [-0.15, -0.1) is 0 Å². The van der Waals surface area contributed by atoms with Gasteiger partial charge in [0.1, 0.15) is 11.2 Å². The topological polar surface area (TPSA) is 23.0 Å². The number of nitrogens with zero attached hydrogens (tertiary/aromatic N) is 2. The van der Waals surface area contributed by atoms with Crippen LogP contribution in [-0.2, 0) is 0 Å².